The summed E-state index contributed by atoms with van der Waals surface area (Å²) in [5.41, 5.74) is 6.83. The van der Waals surface area contributed by atoms with Gasteiger partial charge in [0.15, 0.2) is 0 Å². The molecule has 0 saturated carbocycles. The van der Waals surface area contributed by atoms with Crippen molar-refractivity contribution in [2.75, 3.05) is 12.4 Å². The summed E-state index contributed by atoms with van der Waals surface area (Å²) in [6.45, 7) is 2.65. The van der Waals surface area contributed by atoms with Crippen LogP contribution in [0.3, 0.4) is 0 Å². The molecule has 1 unspecified atom stereocenters. The van der Waals surface area contributed by atoms with Crippen LogP contribution in [-0.4, -0.2) is 39.6 Å². The zero-order valence-electron chi connectivity index (χ0n) is 14.0. The summed E-state index contributed by atoms with van der Waals surface area (Å²) in [4.78, 5) is 25.4. The molecule has 0 aliphatic heterocycles. The quantitative estimate of drug-likeness (QED) is 0.761. The normalized spacial score (nSPS) is 12.1. The fourth-order valence-corrected chi connectivity index (χ4v) is 2.58. The monoisotopic (exact) mass is 329 g/mol. The van der Waals surface area contributed by atoms with Gasteiger partial charge in [-0.2, -0.15) is 5.10 Å². The number of benzene rings is 1. The zero-order valence-corrected chi connectivity index (χ0v) is 14.0. The summed E-state index contributed by atoms with van der Waals surface area (Å²) in [6, 6.07) is 9.75. The maximum atomic E-state index is 12.5. The molecule has 7 heteroatoms. The van der Waals surface area contributed by atoms with E-state index < -0.39 is 5.91 Å². The highest BCUT2D eigenvalue weighted by Gasteiger charge is 2.22. The van der Waals surface area contributed by atoms with Crippen LogP contribution in [0.2, 0.25) is 0 Å². The van der Waals surface area contributed by atoms with Crippen LogP contribution in [0.25, 0.3) is 0 Å². The summed E-state index contributed by atoms with van der Waals surface area (Å²) in [5, 5.41) is 6.83. The molecular weight excluding hydrogens is 306 g/mol. The third kappa shape index (κ3) is 4.92. The van der Waals surface area contributed by atoms with Crippen molar-refractivity contribution >= 4 is 17.5 Å². The first kappa shape index (κ1) is 17.7. The van der Waals surface area contributed by atoms with E-state index in [1.807, 2.05) is 49.2 Å². The van der Waals surface area contributed by atoms with Crippen LogP contribution in [0.1, 0.15) is 18.9 Å². The second-order valence-electron chi connectivity index (χ2n) is 5.71. The van der Waals surface area contributed by atoms with Crippen molar-refractivity contribution < 1.29 is 9.59 Å². The Morgan fingerprint density at radius 1 is 1.33 bits per heavy atom. The van der Waals surface area contributed by atoms with Crippen LogP contribution < -0.4 is 11.1 Å². The Balaban J connectivity index is 1.97. The van der Waals surface area contributed by atoms with Gasteiger partial charge in [0.25, 0.3) is 0 Å². The second kappa shape index (κ2) is 8.26. The molecule has 3 N–H and O–H groups in total. The Kier molecular flexibility index (Phi) is 6.08. The number of carbonyl (C=O) groups is 2. The molecular formula is C17H23N5O2. The largest absolute Gasteiger partial charge is 0.368 e. The van der Waals surface area contributed by atoms with Crippen LogP contribution in [0.5, 0.6) is 0 Å². The summed E-state index contributed by atoms with van der Waals surface area (Å²) in [7, 11) is 1.93. The van der Waals surface area contributed by atoms with Crippen LogP contribution in [0.15, 0.2) is 42.7 Å². The number of hydrogen-bond donors (Lipinski definition) is 2. The summed E-state index contributed by atoms with van der Waals surface area (Å²) >= 11 is 0. The maximum absolute atomic E-state index is 12.5. The van der Waals surface area contributed by atoms with Crippen molar-refractivity contribution in [1.29, 1.82) is 0 Å². The standard InChI is InChI=1S/C17H23N5O2/c1-3-15(21(2)10-13-7-5-4-6-8-13)17(24)20-14-9-19-22(11-14)12-16(18)23/h4-9,11,15H,3,10,12H2,1-2H3,(H2,18,23)(H,20,24). The molecule has 2 rings (SSSR count). The highest BCUT2D eigenvalue weighted by atomic mass is 16.2. The third-order valence-corrected chi connectivity index (χ3v) is 3.71. The minimum absolute atomic E-state index is 0.0129. The zero-order chi connectivity index (χ0) is 17.5. The Morgan fingerprint density at radius 3 is 2.67 bits per heavy atom. The van der Waals surface area contributed by atoms with E-state index in [0.29, 0.717) is 18.7 Å². The van der Waals surface area contributed by atoms with Gasteiger partial charge < -0.3 is 11.1 Å². The predicted octanol–water partition coefficient (Wildman–Crippen LogP) is 1.22. The number of anilines is 1. The smallest absolute Gasteiger partial charge is 0.241 e. The van der Waals surface area contributed by atoms with E-state index in [9.17, 15) is 9.59 Å². The first-order chi connectivity index (χ1) is 11.5. The molecule has 7 nitrogen and oxygen atoms in total. The average molecular weight is 329 g/mol. The van der Waals surface area contributed by atoms with Crippen LogP contribution in [0.4, 0.5) is 5.69 Å². The second-order valence-corrected chi connectivity index (χ2v) is 5.71. The Bertz CT molecular complexity index is 683. The molecule has 0 fully saturated rings. The topological polar surface area (TPSA) is 93.2 Å². The summed E-state index contributed by atoms with van der Waals surface area (Å²) < 4.78 is 1.40. The van der Waals surface area contributed by atoms with E-state index in [1.54, 1.807) is 6.20 Å². The highest BCUT2D eigenvalue weighted by Crippen LogP contribution is 2.12. The van der Waals surface area contributed by atoms with E-state index in [-0.39, 0.29) is 18.5 Å². The molecule has 0 saturated heterocycles. The number of aromatic nitrogens is 2. The lowest BCUT2D eigenvalue weighted by Crippen LogP contribution is -2.41. The van der Waals surface area contributed by atoms with Crippen molar-refractivity contribution in [3.8, 4) is 0 Å². The number of nitrogens with two attached hydrogens (primary N) is 1. The molecule has 1 aromatic carbocycles. The Hall–Kier alpha value is -2.67. The number of amides is 2. The van der Waals surface area contributed by atoms with Crippen LogP contribution in [-0.2, 0) is 22.7 Å². The lowest BCUT2D eigenvalue weighted by Gasteiger charge is -2.26. The summed E-state index contributed by atoms with van der Waals surface area (Å²) in [5.74, 6) is -0.584. The molecule has 0 bridgehead atoms. The van der Waals surface area contributed by atoms with Crippen molar-refractivity contribution in [3.63, 3.8) is 0 Å². The lowest BCUT2D eigenvalue weighted by molar-refractivity contribution is -0.121. The molecule has 1 aromatic heterocycles. The minimum Gasteiger partial charge on any atom is -0.368 e. The van der Waals surface area contributed by atoms with Gasteiger partial charge in [0.2, 0.25) is 11.8 Å². The van der Waals surface area contributed by atoms with Crippen LogP contribution in [0, 0.1) is 0 Å². The molecule has 2 aromatic rings. The van der Waals surface area contributed by atoms with Crippen molar-refractivity contribution in [2.24, 2.45) is 5.73 Å². The van der Waals surface area contributed by atoms with E-state index in [0.717, 1.165) is 5.56 Å². The number of rotatable bonds is 8. The van der Waals surface area contributed by atoms with Crippen molar-refractivity contribution in [1.82, 2.24) is 14.7 Å². The van der Waals surface area contributed by atoms with Gasteiger partial charge >= 0.3 is 0 Å². The molecule has 1 atom stereocenters. The van der Waals surface area contributed by atoms with Crippen molar-refractivity contribution in [3.05, 3.63) is 48.3 Å². The fraction of sp³-hybridized carbons (Fsp3) is 0.353. The molecule has 24 heavy (non-hydrogen) atoms. The van der Waals surface area contributed by atoms with Gasteiger partial charge in [-0.25, -0.2) is 0 Å². The van der Waals surface area contributed by atoms with E-state index in [2.05, 4.69) is 10.4 Å². The fourth-order valence-electron chi connectivity index (χ4n) is 2.58. The van der Waals surface area contributed by atoms with E-state index in [4.69, 9.17) is 5.73 Å². The number of primary amides is 1. The van der Waals surface area contributed by atoms with E-state index in [1.165, 1.54) is 10.9 Å². The van der Waals surface area contributed by atoms with Gasteiger partial charge in [0.05, 0.1) is 17.9 Å². The Morgan fingerprint density at radius 2 is 2.04 bits per heavy atom. The minimum atomic E-state index is -0.481. The predicted molar refractivity (Wildman–Crippen MR) is 92.0 cm³/mol. The molecule has 128 valence electrons. The number of likely N-dealkylation sites (N-methyl/N-ethyl adjacent to an activating group) is 1. The lowest BCUT2D eigenvalue weighted by atomic mass is 10.1. The number of nitrogens with zero attached hydrogens (tertiary/aromatic N) is 3. The van der Waals surface area contributed by atoms with Gasteiger partial charge in [-0.3, -0.25) is 19.2 Å². The van der Waals surface area contributed by atoms with Crippen LogP contribution >= 0.6 is 0 Å². The molecule has 2 amide bonds. The van der Waals surface area contributed by atoms with E-state index >= 15 is 0 Å². The maximum Gasteiger partial charge on any atom is 0.241 e. The van der Waals surface area contributed by atoms with Gasteiger partial charge in [-0.05, 0) is 19.0 Å². The van der Waals surface area contributed by atoms with Gasteiger partial charge in [0, 0.05) is 12.7 Å². The SMILES string of the molecule is CCC(C(=O)Nc1cnn(CC(N)=O)c1)N(C)Cc1ccccc1. The summed E-state index contributed by atoms with van der Waals surface area (Å²) in [6.07, 6.45) is 3.78. The number of hydrogen-bond acceptors (Lipinski definition) is 4. The molecule has 1 heterocycles. The van der Waals surface area contributed by atoms with Gasteiger partial charge in [0.1, 0.15) is 6.54 Å². The highest BCUT2D eigenvalue weighted by molar-refractivity contribution is 5.94. The first-order valence-electron chi connectivity index (χ1n) is 7.85. The molecule has 0 aliphatic rings. The number of nitrogens with one attached hydrogen (secondary N) is 1. The van der Waals surface area contributed by atoms with Gasteiger partial charge in [-0.1, -0.05) is 37.3 Å². The number of carbonyl (C=O) groups excluding carboxylic acids is 2. The molecule has 0 spiro atoms. The van der Waals surface area contributed by atoms with Gasteiger partial charge in [-0.15, -0.1) is 0 Å². The van der Waals surface area contributed by atoms with Crippen molar-refractivity contribution in [2.45, 2.75) is 32.5 Å². The Labute approximate surface area is 141 Å². The third-order valence-electron chi connectivity index (χ3n) is 3.71. The molecule has 0 radical (unpaired) electrons. The molecule has 0 aliphatic carbocycles. The first-order valence-corrected chi connectivity index (χ1v) is 7.85. The average Bonchev–Trinajstić information content (AvgIpc) is 2.95.